The number of carbonyl (C=O) groups is 1. The van der Waals surface area contributed by atoms with E-state index in [0.29, 0.717) is 23.8 Å². The van der Waals surface area contributed by atoms with Gasteiger partial charge in [-0.3, -0.25) is 4.79 Å². The van der Waals surface area contributed by atoms with E-state index >= 15 is 0 Å². The van der Waals surface area contributed by atoms with Crippen molar-refractivity contribution < 1.29 is 9.18 Å². The van der Waals surface area contributed by atoms with Crippen LogP contribution in [0.2, 0.25) is 0 Å². The number of aromatic nitrogens is 1. The van der Waals surface area contributed by atoms with Crippen LogP contribution in [0.15, 0.2) is 24.4 Å². The van der Waals surface area contributed by atoms with Gasteiger partial charge in [-0.25, -0.2) is 4.39 Å². The Bertz CT molecular complexity index is 766. The molecule has 1 N–H and O–H groups in total. The summed E-state index contributed by atoms with van der Waals surface area (Å²) in [4.78, 5) is 18.3. The zero-order valence-corrected chi connectivity index (χ0v) is 14.9. The van der Waals surface area contributed by atoms with Crippen LogP contribution < -0.4 is 0 Å². The Morgan fingerprint density at radius 1 is 1.28 bits per heavy atom. The topological polar surface area (TPSA) is 36.1 Å². The second kappa shape index (κ2) is 6.81. The maximum Gasteiger partial charge on any atom is 0.223 e. The lowest BCUT2D eigenvalue weighted by atomic mass is 9.78. The molecule has 0 bridgehead atoms. The molecule has 1 aliphatic carbocycles. The smallest absolute Gasteiger partial charge is 0.223 e. The fourth-order valence-electron chi connectivity index (χ4n) is 4.98. The summed E-state index contributed by atoms with van der Waals surface area (Å²) in [7, 11) is 0. The molecule has 2 heterocycles. The first kappa shape index (κ1) is 16.6. The molecule has 3 atom stereocenters. The number of hydrogen-bond donors (Lipinski definition) is 1. The first-order chi connectivity index (χ1) is 12.1. The van der Waals surface area contributed by atoms with Gasteiger partial charge in [-0.1, -0.05) is 25.8 Å². The number of hydrogen-bond acceptors (Lipinski definition) is 1. The number of nitrogens with zero attached hydrogens (tertiary/aromatic N) is 1. The molecule has 3 nitrogen and oxygen atoms in total. The Kier molecular flexibility index (Phi) is 4.53. The van der Waals surface area contributed by atoms with Crippen molar-refractivity contribution in [3.05, 3.63) is 35.8 Å². The van der Waals surface area contributed by atoms with Crippen LogP contribution in [0.5, 0.6) is 0 Å². The standard InChI is InChI=1S/C21H27FN2O/c1-14(16-13-23-18-9-4-8-17(22)21(16)18)12-20(25)24-11-5-7-15-6-2-3-10-19(15)24/h4,8-9,13-15,19,23H,2-3,5-7,10-12H2,1H3. The van der Waals surface area contributed by atoms with Crippen molar-refractivity contribution >= 4 is 16.8 Å². The highest BCUT2D eigenvalue weighted by molar-refractivity contribution is 5.85. The molecule has 1 aromatic heterocycles. The lowest BCUT2D eigenvalue weighted by molar-refractivity contribution is -0.137. The highest BCUT2D eigenvalue weighted by Crippen LogP contribution is 2.37. The maximum absolute atomic E-state index is 14.2. The number of H-pyrrole nitrogens is 1. The van der Waals surface area contributed by atoms with E-state index in [1.54, 1.807) is 6.07 Å². The van der Waals surface area contributed by atoms with Gasteiger partial charge in [0.2, 0.25) is 5.91 Å². The fourth-order valence-corrected chi connectivity index (χ4v) is 4.98. The summed E-state index contributed by atoms with van der Waals surface area (Å²) in [5.74, 6) is 0.752. The predicted octanol–water partition coefficient (Wildman–Crippen LogP) is 4.98. The third-order valence-corrected chi connectivity index (χ3v) is 6.26. The molecule has 134 valence electrons. The molecule has 1 aliphatic heterocycles. The SMILES string of the molecule is CC(CC(=O)N1CCCC2CCCCC21)c1c[nH]c2cccc(F)c12. The Balaban J connectivity index is 1.51. The molecule has 25 heavy (non-hydrogen) atoms. The number of amides is 1. The molecule has 2 aromatic rings. The Labute approximate surface area is 148 Å². The summed E-state index contributed by atoms with van der Waals surface area (Å²) in [5.41, 5.74) is 1.72. The molecular weight excluding hydrogens is 315 g/mol. The van der Waals surface area contributed by atoms with Crippen LogP contribution in [0.4, 0.5) is 4.39 Å². The number of benzene rings is 1. The first-order valence-electron chi connectivity index (χ1n) is 9.70. The Morgan fingerprint density at radius 3 is 2.96 bits per heavy atom. The molecule has 4 heteroatoms. The van der Waals surface area contributed by atoms with Crippen LogP contribution in [0, 0.1) is 11.7 Å². The van der Waals surface area contributed by atoms with E-state index in [2.05, 4.69) is 9.88 Å². The van der Waals surface area contributed by atoms with Crippen molar-refractivity contribution in [2.75, 3.05) is 6.54 Å². The number of piperidine rings is 1. The lowest BCUT2D eigenvalue weighted by Gasteiger charge is -2.44. The van der Waals surface area contributed by atoms with Gasteiger partial charge in [0.25, 0.3) is 0 Å². The molecule has 0 spiro atoms. The van der Waals surface area contributed by atoms with E-state index in [-0.39, 0.29) is 17.6 Å². The predicted molar refractivity (Wildman–Crippen MR) is 98.0 cm³/mol. The van der Waals surface area contributed by atoms with E-state index < -0.39 is 0 Å². The van der Waals surface area contributed by atoms with E-state index in [1.165, 1.54) is 31.7 Å². The van der Waals surface area contributed by atoms with Crippen LogP contribution in [0.25, 0.3) is 10.9 Å². The summed E-state index contributed by atoms with van der Waals surface area (Å²) in [6.45, 7) is 2.93. The summed E-state index contributed by atoms with van der Waals surface area (Å²) in [6.07, 6.45) is 9.73. The summed E-state index contributed by atoms with van der Waals surface area (Å²) in [5, 5.41) is 0.636. The largest absolute Gasteiger partial charge is 0.361 e. The van der Waals surface area contributed by atoms with Gasteiger partial charge in [0.05, 0.1) is 0 Å². The third kappa shape index (κ3) is 3.07. The highest BCUT2D eigenvalue weighted by atomic mass is 19.1. The van der Waals surface area contributed by atoms with Crippen molar-refractivity contribution in [3.8, 4) is 0 Å². The van der Waals surface area contributed by atoms with Crippen LogP contribution in [0.3, 0.4) is 0 Å². The minimum atomic E-state index is -0.210. The van der Waals surface area contributed by atoms with Gasteiger partial charge in [0.1, 0.15) is 5.82 Å². The molecule has 1 amide bonds. The van der Waals surface area contributed by atoms with Gasteiger partial charge in [-0.15, -0.1) is 0 Å². The number of halogens is 1. The normalized spacial score (nSPS) is 25.0. The molecule has 0 radical (unpaired) electrons. The minimum Gasteiger partial charge on any atom is -0.361 e. The second-order valence-corrected chi connectivity index (χ2v) is 7.85. The lowest BCUT2D eigenvalue weighted by Crippen LogP contribution is -2.49. The Morgan fingerprint density at radius 2 is 2.08 bits per heavy atom. The molecule has 1 saturated carbocycles. The van der Waals surface area contributed by atoms with Crippen molar-refractivity contribution in [2.24, 2.45) is 5.92 Å². The first-order valence-corrected chi connectivity index (χ1v) is 9.70. The highest BCUT2D eigenvalue weighted by Gasteiger charge is 2.36. The van der Waals surface area contributed by atoms with Gasteiger partial charge in [-0.2, -0.15) is 0 Å². The van der Waals surface area contributed by atoms with Crippen LogP contribution in [0.1, 0.15) is 63.4 Å². The molecule has 1 aromatic carbocycles. The van der Waals surface area contributed by atoms with E-state index in [1.807, 2.05) is 19.2 Å². The zero-order valence-electron chi connectivity index (χ0n) is 14.9. The quantitative estimate of drug-likeness (QED) is 0.839. The molecular formula is C21H27FN2O. The zero-order chi connectivity index (χ0) is 17.4. The van der Waals surface area contributed by atoms with E-state index in [0.717, 1.165) is 30.5 Å². The average molecular weight is 342 g/mol. The van der Waals surface area contributed by atoms with Crippen LogP contribution in [-0.4, -0.2) is 28.4 Å². The van der Waals surface area contributed by atoms with Crippen molar-refractivity contribution in [1.82, 2.24) is 9.88 Å². The van der Waals surface area contributed by atoms with Crippen LogP contribution >= 0.6 is 0 Å². The number of aromatic amines is 1. The van der Waals surface area contributed by atoms with Crippen molar-refractivity contribution in [3.63, 3.8) is 0 Å². The number of fused-ring (bicyclic) bond motifs is 2. The Hall–Kier alpha value is -1.84. The number of likely N-dealkylation sites (tertiary alicyclic amines) is 1. The fraction of sp³-hybridized carbons (Fsp3) is 0.571. The summed E-state index contributed by atoms with van der Waals surface area (Å²) >= 11 is 0. The van der Waals surface area contributed by atoms with Crippen molar-refractivity contribution in [2.45, 2.75) is 63.8 Å². The number of nitrogens with one attached hydrogen (secondary N) is 1. The van der Waals surface area contributed by atoms with Crippen molar-refractivity contribution in [1.29, 1.82) is 0 Å². The van der Waals surface area contributed by atoms with Gasteiger partial charge in [0.15, 0.2) is 0 Å². The maximum atomic E-state index is 14.2. The van der Waals surface area contributed by atoms with E-state index in [9.17, 15) is 9.18 Å². The summed E-state index contributed by atoms with van der Waals surface area (Å²) in [6, 6.07) is 5.53. The summed E-state index contributed by atoms with van der Waals surface area (Å²) < 4.78 is 14.2. The molecule has 4 rings (SSSR count). The molecule has 2 aliphatic rings. The third-order valence-electron chi connectivity index (χ3n) is 6.26. The van der Waals surface area contributed by atoms with Gasteiger partial charge < -0.3 is 9.88 Å². The minimum absolute atomic E-state index is 0.0158. The number of rotatable bonds is 3. The van der Waals surface area contributed by atoms with Gasteiger partial charge in [0, 0.05) is 36.1 Å². The monoisotopic (exact) mass is 342 g/mol. The van der Waals surface area contributed by atoms with E-state index in [4.69, 9.17) is 0 Å². The second-order valence-electron chi connectivity index (χ2n) is 7.85. The average Bonchev–Trinajstić information content (AvgIpc) is 3.07. The molecule has 1 saturated heterocycles. The van der Waals surface area contributed by atoms with Gasteiger partial charge >= 0.3 is 0 Å². The molecule has 2 fully saturated rings. The number of carbonyl (C=O) groups excluding carboxylic acids is 1. The van der Waals surface area contributed by atoms with Crippen LogP contribution in [-0.2, 0) is 4.79 Å². The van der Waals surface area contributed by atoms with Gasteiger partial charge in [-0.05, 0) is 55.2 Å². The molecule has 3 unspecified atom stereocenters.